The van der Waals surface area contributed by atoms with E-state index in [1.54, 1.807) is 25.4 Å². The van der Waals surface area contributed by atoms with Crippen molar-refractivity contribution in [3.05, 3.63) is 18.3 Å². The highest BCUT2D eigenvalue weighted by Crippen LogP contribution is 2.17. The molecule has 0 spiro atoms. The van der Waals surface area contributed by atoms with Crippen molar-refractivity contribution in [1.29, 1.82) is 0 Å². The summed E-state index contributed by atoms with van der Waals surface area (Å²) in [6.45, 7) is 4.59. The number of hydrogen-bond donors (Lipinski definition) is 2. The molecule has 7 heteroatoms. The second-order valence-corrected chi connectivity index (χ2v) is 7.13. The van der Waals surface area contributed by atoms with Crippen molar-refractivity contribution in [2.45, 2.75) is 37.1 Å². The predicted molar refractivity (Wildman–Crippen MR) is 83.9 cm³/mol. The number of rotatable bonds is 6. The number of anilines is 1. The van der Waals surface area contributed by atoms with Gasteiger partial charge in [0.25, 0.3) is 0 Å². The summed E-state index contributed by atoms with van der Waals surface area (Å²) >= 11 is 0. The van der Waals surface area contributed by atoms with E-state index in [4.69, 9.17) is 0 Å². The van der Waals surface area contributed by atoms with Crippen molar-refractivity contribution in [2.75, 3.05) is 32.0 Å². The Kier molecular flexibility index (Phi) is 5.55. The van der Waals surface area contributed by atoms with E-state index in [1.165, 1.54) is 19.3 Å². The lowest BCUT2D eigenvalue weighted by Gasteiger charge is -2.32. The molecule has 2 rings (SSSR count). The van der Waals surface area contributed by atoms with Crippen LogP contribution in [0.3, 0.4) is 0 Å². The van der Waals surface area contributed by atoms with Crippen LogP contribution in [0.15, 0.2) is 23.2 Å². The summed E-state index contributed by atoms with van der Waals surface area (Å²) < 4.78 is 27.5. The molecule has 1 unspecified atom stereocenters. The van der Waals surface area contributed by atoms with E-state index in [1.807, 2.05) is 0 Å². The van der Waals surface area contributed by atoms with Crippen LogP contribution in [0.4, 0.5) is 5.82 Å². The number of nitrogens with zero attached hydrogens (tertiary/aromatic N) is 2. The Labute approximate surface area is 127 Å². The first-order valence-corrected chi connectivity index (χ1v) is 8.89. The fourth-order valence-electron chi connectivity index (χ4n) is 2.59. The van der Waals surface area contributed by atoms with Gasteiger partial charge in [0.2, 0.25) is 10.0 Å². The molecule has 0 saturated carbocycles. The number of hydrogen-bond acceptors (Lipinski definition) is 5. The van der Waals surface area contributed by atoms with Gasteiger partial charge in [-0.05, 0) is 45.0 Å². The van der Waals surface area contributed by atoms with Crippen LogP contribution in [0.1, 0.15) is 26.2 Å². The topological polar surface area (TPSA) is 74.3 Å². The Morgan fingerprint density at radius 2 is 2.05 bits per heavy atom. The van der Waals surface area contributed by atoms with E-state index >= 15 is 0 Å². The summed E-state index contributed by atoms with van der Waals surface area (Å²) in [5, 5.41) is 2.81. The second kappa shape index (κ2) is 7.20. The van der Waals surface area contributed by atoms with Gasteiger partial charge >= 0.3 is 0 Å². The highest BCUT2D eigenvalue weighted by atomic mass is 32.2. The van der Waals surface area contributed by atoms with Gasteiger partial charge in [-0.3, -0.25) is 4.90 Å². The van der Waals surface area contributed by atoms with E-state index in [0.717, 1.165) is 13.1 Å². The van der Waals surface area contributed by atoms with Crippen LogP contribution >= 0.6 is 0 Å². The molecule has 1 atom stereocenters. The van der Waals surface area contributed by atoms with Gasteiger partial charge in [0.1, 0.15) is 10.7 Å². The van der Waals surface area contributed by atoms with Gasteiger partial charge < -0.3 is 5.32 Å². The first-order valence-electron chi connectivity index (χ1n) is 7.41. The van der Waals surface area contributed by atoms with Gasteiger partial charge in [0.15, 0.2) is 0 Å². The van der Waals surface area contributed by atoms with E-state index < -0.39 is 10.0 Å². The summed E-state index contributed by atoms with van der Waals surface area (Å²) in [5.74, 6) is 0.371. The van der Waals surface area contributed by atoms with Crippen LogP contribution < -0.4 is 10.0 Å². The van der Waals surface area contributed by atoms with Crippen LogP contribution in [-0.4, -0.2) is 51.0 Å². The zero-order valence-electron chi connectivity index (χ0n) is 12.7. The average Bonchev–Trinajstić information content (AvgIpc) is 2.53. The van der Waals surface area contributed by atoms with Crippen molar-refractivity contribution in [3.63, 3.8) is 0 Å². The molecule has 6 nitrogen and oxygen atoms in total. The maximum absolute atomic E-state index is 12.4. The van der Waals surface area contributed by atoms with Crippen LogP contribution in [0, 0.1) is 0 Å². The van der Waals surface area contributed by atoms with Gasteiger partial charge in [-0.2, -0.15) is 0 Å². The smallest absolute Gasteiger partial charge is 0.244 e. The van der Waals surface area contributed by atoms with Crippen LogP contribution in [0.2, 0.25) is 0 Å². The lowest BCUT2D eigenvalue weighted by Crippen LogP contribution is -2.44. The standard InChI is InChI=1S/C14H24N4O2S/c1-12(18-9-4-3-5-10-18)11-17-21(19,20)13-7-6-8-16-14(13)15-2/h6-8,12,17H,3-5,9-11H2,1-2H3,(H,15,16). The van der Waals surface area contributed by atoms with Gasteiger partial charge in [0, 0.05) is 25.8 Å². The van der Waals surface area contributed by atoms with Crippen LogP contribution in [0.25, 0.3) is 0 Å². The molecular formula is C14H24N4O2S. The molecule has 0 aliphatic carbocycles. The molecule has 0 aromatic carbocycles. The minimum absolute atomic E-state index is 0.193. The molecule has 0 radical (unpaired) electrons. The Morgan fingerprint density at radius 1 is 1.33 bits per heavy atom. The third-order valence-electron chi connectivity index (χ3n) is 3.88. The van der Waals surface area contributed by atoms with Crippen molar-refractivity contribution < 1.29 is 8.42 Å². The number of pyridine rings is 1. The zero-order valence-corrected chi connectivity index (χ0v) is 13.5. The minimum atomic E-state index is -3.54. The van der Waals surface area contributed by atoms with E-state index in [9.17, 15) is 8.42 Å². The van der Waals surface area contributed by atoms with Gasteiger partial charge in [-0.25, -0.2) is 18.1 Å². The monoisotopic (exact) mass is 312 g/mol. The minimum Gasteiger partial charge on any atom is -0.372 e. The number of piperidine rings is 1. The van der Waals surface area contributed by atoms with Gasteiger partial charge in [-0.1, -0.05) is 6.42 Å². The number of nitrogens with one attached hydrogen (secondary N) is 2. The quantitative estimate of drug-likeness (QED) is 0.827. The lowest BCUT2D eigenvalue weighted by atomic mass is 10.1. The Morgan fingerprint density at radius 3 is 2.71 bits per heavy atom. The molecule has 2 heterocycles. The largest absolute Gasteiger partial charge is 0.372 e. The number of sulfonamides is 1. The van der Waals surface area contributed by atoms with Crippen molar-refractivity contribution in [2.24, 2.45) is 0 Å². The Bertz CT molecular complexity index is 556. The number of aromatic nitrogens is 1. The van der Waals surface area contributed by atoms with Crippen LogP contribution in [-0.2, 0) is 10.0 Å². The average molecular weight is 312 g/mol. The molecule has 1 aliphatic heterocycles. The second-order valence-electron chi connectivity index (χ2n) is 5.40. The van der Waals surface area contributed by atoms with E-state index in [0.29, 0.717) is 12.4 Å². The summed E-state index contributed by atoms with van der Waals surface area (Å²) in [7, 11) is -1.87. The number of likely N-dealkylation sites (tertiary alicyclic amines) is 1. The van der Waals surface area contributed by atoms with Crippen molar-refractivity contribution >= 4 is 15.8 Å². The molecule has 0 bridgehead atoms. The molecule has 1 aliphatic rings. The summed E-state index contributed by atoms with van der Waals surface area (Å²) in [6, 6.07) is 3.39. The van der Waals surface area contributed by atoms with E-state index in [-0.39, 0.29) is 10.9 Å². The molecule has 1 aromatic heterocycles. The summed E-state index contributed by atoms with van der Waals surface area (Å²) in [6.07, 6.45) is 5.24. The fourth-order valence-corrected chi connectivity index (χ4v) is 3.87. The maximum Gasteiger partial charge on any atom is 0.244 e. The molecule has 1 aromatic rings. The molecule has 118 valence electrons. The molecule has 1 fully saturated rings. The summed E-state index contributed by atoms with van der Waals surface area (Å²) in [5.41, 5.74) is 0. The maximum atomic E-state index is 12.4. The predicted octanol–water partition coefficient (Wildman–Crippen LogP) is 1.28. The van der Waals surface area contributed by atoms with E-state index in [2.05, 4.69) is 26.8 Å². The molecule has 2 N–H and O–H groups in total. The van der Waals surface area contributed by atoms with Crippen LogP contribution in [0.5, 0.6) is 0 Å². The lowest BCUT2D eigenvalue weighted by molar-refractivity contribution is 0.175. The van der Waals surface area contributed by atoms with Crippen molar-refractivity contribution in [1.82, 2.24) is 14.6 Å². The summed E-state index contributed by atoms with van der Waals surface area (Å²) in [4.78, 5) is 6.57. The van der Waals surface area contributed by atoms with Gasteiger partial charge in [-0.15, -0.1) is 0 Å². The normalized spacial score (nSPS) is 18.4. The first kappa shape index (κ1) is 16.2. The Balaban J connectivity index is 2.00. The zero-order chi connectivity index (χ0) is 15.3. The Hall–Kier alpha value is -1.18. The molecule has 0 amide bonds. The van der Waals surface area contributed by atoms with Gasteiger partial charge in [0.05, 0.1) is 0 Å². The van der Waals surface area contributed by atoms with Crippen molar-refractivity contribution in [3.8, 4) is 0 Å². The molecule has 21 heavy (non-hydrogen) atoms. The first-order chi connectivity index (χ1) is 10.0. The molecular weight excluding hydrogens is 288 g/mol. The third kappa shape index (κ3) is 4.15. The highest BCUT2D eigenvalue weighted by Gasteiger charge is 2.22. The SMILES string of the molecule is CNc1ncccc1S(=O)(=O)NCC(C)N1CCCCC1. The highest BCUT2D eigenvalue weighted by molar-refractivity contribution is 7.89. The fraction of sp³-hybridized carbons (Fsp3) is 0.643. The third-order valence-corrected chi connectivity index (χ3v) is 5.33. The molecule has 1 saturated heterocycles.